The van der Waals surface area contributed by atoms with Crippen molar-refractivity contribution >= 4 is 5.82 Å². The molecule has 0 spiro atoms. The minimum absolute atomic E-state index is 0.299. The highest BCUT2D eigenvalue weighted by molar-refractivity contribution is 5.71. The molecule has 5 heteroatoms. The smallest absolute Gasteiger partial charge is 0.155 e. The van der Waals surface area contributed by atoms with E-state index >= 15 is 0 Å². The van der Waals surface area contributed by atoms with Crippen molar-refractivity contribution in [3.8, 4) is 16.9 Å². The second kappa shape index (κ2) is 5.60. The normalized spacial score (nSPS) is 11.1. The van der Waals surface area contributed by atoms with E-state index in [1.54, 1.807) is 12.1 Å². The number of hydrogen-bond acceptors (Lipinski definition) is 3. The maximum Gasteiger partial charge on any atom is 0.155 e. The third kappa shape index (κ3) is 2.57. The highest BCUT2D eigenvalue weighted by Gasteiger charge is 2.13. The van der Waals surface area contributed by atoms with E-state index in [0.29, 0.717) is 23.1 Å². The first-order valence-electron chi connectivity index (χ1n) is 7.13. The number of hydrogen-bond donors (Lipinski definition) is 1. The van der Waals surface area contributed by atoms with Crippen LogP contribution in [0.25, 0.3) is 16.9 Å². The summed E-state index contributed by atoms with van der Waals surface area (Å²) in [4.78, 5) is 0. The lowest BCUT2D eigenvalue weighted by Crippen LogP contribution is -2.02. The number of nitrogens with zero attached hydrogens (tertiary/aromatic N) is 3. The fourth-order valence-electron chi connectivity index (χ4n) is 2.29. The molecule has 0 aliphatic carbocycles. The quantitative estimate of drug-likeness (QED) is 0.800. The average Bonchev–Trinajstić information content (AvgIpc) is 2.90. The highest BCUT2D eigenvalue weighted by Crippen LogP contribution is 2.26. The summed E-state index contributed by atoms with van der Waals surface area (Å²) < 4.78 is 14.5. The van der Waals surface area contributed by atoms with Crippen LogP contribution in [-0.2, 0) is 0 Å². The zero-order valence-corrected chi connectivity index (χ0v) is 12.5. The van der Waals surface area contributed by atoms with Crippen molar-refractivity contribution < 1.29 is 4.39 Å². The number of halogens is 1. The largest absolute Gasteiger partial charge is 0.382 e. The van der Waals surface area contributed by atoms with E-state index in [0.717, 1.165) is 5.56 Å². The molecule has 0 saturated heterocycles. The third-order valence-electron chi connectivity index (χ3n) is 3.63. The molecule has 1 heterocycles. The van der Waals surface area contributed by atoms with Gasteiger partial charge in [-0.05, 0) is 35.7 Å². The molecule has 4 nitrogen and oxygen atoms in total. The number of aromatic nitrogens is 3. The van der Waals surface area contributed by atoms with E-state index in [9.17, 15) is 4.39 Å². The predicted octanol–water partition coefficient (Wildman–Crippen LogP) is 3.78. The zero-order chi connectivity index (χ0) is 15.7. The van der Waals surface area contributed by atoms with Crippen molar-refractivity contribution in [3.05, 3.63) is 59.9 Å². The number of benzene rings is 2. The van der Waals surface area contributed by atoms with E-state index in [-0.39, 0.29) is 5.82 Å². The van der Waals surface area contributed by atoms with Crippen molar-refractivity contribution in [3.63, 3.8) is 0 Å². The minimum Gasteiger partial charge on any atom is -0.382 e. The lowest BCUT2D eigenvalue weighted by atomic mass is 10.0. The van der Waals surface area contributed by atoms with Crippen LogP contribution in [0.15, 0.2) is 48.5 Å². The lowest BCUT2D eigenvalue weighted by Gasteiger charge is -2.06. The van der Waals surface area contributed by atoms with Crippen LogP contribution in [0.3, 0.4) is 0 Å². The van der Waals surface area contributed by atoms with Gasteiger partial charge in [0.05, 0.1) is 5.69 Å². The Morgan fingerprint density at radius 2 is 1.64 bits per heavy atom. The van der Waals surface area contributed by atoms with Gasteiger partial charge >= 0.3 is 0 Å². The van der Waals surface area contributed by atoms with Gasteiger partial charge in [0.1, 0.15) is 11.5 Å². The maximum atomic E-state index is 13.0. The Morgan fingerprint density at radius 1 is 1.00 bits per heavy atom. The first-order valence-corrected chi connectivity index (χ1v) is 7.13. The summed E-state index contributed by atoms with van der Waals surface area (Å²) in [5, 5.41) is 8.22. The SMILES string of the molecule is CC(C)c1ccc(-c2nnn(-c3ccc(F)cc3)c2N)cc1. The summed E-state index contributed by atoms with van der Waals surface area (Å²) >= 11 is 0. The van der Waals surface area contributed by atoms with Crippen molar-refractivity contribution in [1.82, 2.24) is 15.0 Å². The molecule has 3 rings (SSSR count). The molecule has 0 unspecified atom stereocenters. The molecule has 0 atom stereocenters. The van der Waals surface area contributed by atoms with Crippen LogP contribution in [0, 0.1) is 5.82 Å². The molecule has 0 bridgehead atoms. The van der Waals surface area contributed by atoms with Crippen LogP contribution < -0.4 is 5.73 Å². The van der Waals surface area contributed by atoms with Crippen LogP contribution >= 0.6 is 0 Å². The van der Waals surface area contributed by atoms with Gasteiger partial charge in [-0.2, -0.15) is 4.68 Å². The Labute approximate surface area is 128 Å². The monoisotopic (exact) mass is 296 g/mol. The van der Waals surface area contributed by atoms with Crippen molar-refractivity contribution in [1.29, 1.82) is 0 Å². The molecular weight excluding hydrogens is 279 g/mol. The second-order valence-electron chi connectivity index (χ2n) is 5.49. The molecule has 0 saturated carbocycles. The Hall–Kier alpha value is -2.69. The molecule has 1 aromatic heterocycles. The van der Waals surface area contributed by atoms with E-state index in [1.165, 1.54) is 22.4 Å². The Bertz CT molecular complexity index is 773. The number of nitrogens with two attached hydrogens (primary N) is 1. The van der Waals surface area contributed by atoms with Gasteiger partial charge in [-0.3, -0.25) is 0 Å². The summed E-state index contributed by atoms with van der Waals surface area (Å²) in [7, 11) is 0. The van der Waals surface area contributed by atoms with Gasteiger partial charge < -0.3 is 5.73 Å². The summed E-state index contributed by atoms with van der Waals surface area (Å²) in [6.07, 6.45) is 0. The van der Waals surface area contributed by atoms with Gasteiger partial charge in [0, 0.05) is 5.56 Å². The number of rotatable bonds is 3. The maximum absolute atomic E-state index is 13.0. The van der Waals surface area contributed by atoms with Crippen LogP contribution in [0.1, 0.15) is 25.3 Å². The molecule has 2 aromatic carbocycles. The lowest BCUT2D eigenvalue weighted by molar-refractivity contribution is 0.627. The third-order valence-corrected chi connectivity index (χ3v) is 3.63. The van der Waals surface area contributed by atoms with Gasteiger partial charge in [-0.1, -0.05) is 43.3 Å². The molecular formula is C17H17FN4. The van der Waals surface area contributed by atoms with Gasteiger partial charge in [0.25, 0.3) is 0 Å². The zero-order valence-electron chi connectivity index (χ0n) is 12.5. The molecule has 3 aromatic rings. The molecule has 0 radical (unpaired) electrons. The summed E-state index contributed by atoms with van der Waals surface area (Å²) in [5.74, 6) is 0.608. The minimum atomic E-state index is -0.299. The van der Waals surface area contributed by atoms with Gasteiger partial charge in [0.15, 0.2) is 5.82 Å². The van der Waals surface area contributed by atoms with Gasteiger partial charge in [0.2, 0.25) is 0 Å². The Morgan fingerprint density at radius 3 is 2.23 bits per heavy atom. The Balaban J connectivity index is 1.98. The van der Waals surface area contributed by atoms with Crippen LogP contribution in [0.5, 0.6) is 0 Å². The van der Waals surface area contributed by atoms with Crippen molar-refractivity contribution in [2.24, 2.45) is 0 Å². The standard InChI is InChI=1S/C17H17FN4/c1-11(2)12-3-5-13(6-4-12)16-17(19)22(21-20-16)15-9-7-14(18)8-10-15/h3-11H,19H2,1-2H3. The molecule has 112 valence electrons. The van der Waals surface area contributed by atoms with E-state index in [4.69, 9.17) is 5.73 Å². The molecule has 0 fully saturated rings. The molecule has 22 heavy (non-hydrogen) atoms. The fraction of sp³-hybridized carbons (Fsp3) is 0.176. The summed E-state index contributed by atoms with van der Waals surface area (Å²) in [6, 6.07) is 14.1. The van der Waals surface area contributed by atoms with Crippen molar-refractivity contribution in [2.45, 2.75) is 19.8 Å². The Kier molecular flexibility index (Phi) is 3.63. The van der Waals surface area contributed by atoms with Crippen LogP contribution in [0.4, 0.5) is 10.2 Å². The second-order valence-corrected chi connectivity index (χ2v) is 5.49. The van der Waals surface area contributed by atoms with E-state index in [2.05, 4.69) is 36.3 Å². The molecule has 0 aliphatic rings. The molecule has 0 aliphatic heterocycles. The highest BCUT2D eigenvalue weighted by atomic mass is 19.1. The van der Waals surface area contributed by atoms with E-state index < -0.39 is 0 Å². The fourth-order valence-corrected chi connectivity index (χ4v) is 2.29. The van der Waals surface area contributed by atoms with Crippen molar-refractivity contribution in [2.75, 3.05) is 5.73 Å². The first-order chi connectivity index (χ1) is 10.6. The van der Waals surface area contributed by atoms with Gasteiger partial charge in [-0.15, -0.1) is 5.10 Å². The first kappa shape index (κ1) is 14.3. The topological polar surface area (TPSA) is 56.7 Å². The van der Waals surface area contributed by atoms with E-state index in [1.807, 2.05) is 12.1 Å². The summed E-state index contributed by atoms with van der Waals surface area (Å²) in [6.45, 7) is 4.29. The summed E-state index contributed by atoms with van der Waals surface area (Å²) in [5.41, 5.74) is 9.62. The predicted molar refractivity (Wildman–Crippen MR) is 85.3 cm³/mol. The number of nitrogen functional groups attached to an aromatic ring is 1. The van der Waals surface area contributed by atoms with Crippen LogP contribution in [0.2, 0.25) is 0 Å². The van der Waals surface area contributed by atoms with Gasteiger partial charge in [-0.25, -0.2) is 4.39 Å². The van der Waals surface area contributed by atoms with Crippen LogP contribution in [-0.4, -0.2) is 15.0 Å². The number of anilines is 1. The average molecular weight is 296 g/mol. The molecule has 0 amide bonds. The molecule has 2 N–H and O–H groups in total.